The van der Waals surface area contributed by atoms with Crippen LogP contribution in [0.3, 0.4) is 0 Å². The molecule has 0 aliphatic rings. The van der Waals surface area contributed by atoms with Crippen LogP contribution in [-0.4, -0.2) is 24.7 Å². The summed E-state index contributed by atoms with van der Waals surface area (Å²) in [6.45, 7) is 7.50. The summed E-state index contributed by atoms with van der Waals surface area (Å²) in [6, 6.07) is 0.188. The third-order valence-corrected chi connectivity index (χ3v) is 1.38. The van der Waals surface area contributed by atoms with Gasteiger partial charge in [-0.2, -0.15) is 0 Å². The van der Waals surface area contributed by atoms with Gasteiger partial charge in [0.05, 0.1) is 0 Å². The Hall–Kier alpha value is -0.830. The maximum Gasteiger partial charge on any atom is 0.330 e. The number of carbonyl (C=O) groups is 1. The highest BCUT2D eigenvalue weighted by atomic mass is 16.6. The summed E-state index contributed by atoms with van der Waals surface area (Å²) in [5.41, 5.74) is -0.412. The van der Waals surface area contributed by atoms with E-state index in [0.29, 0.717) is 0 Å². The standard InChI is InChI=1S/C10H19NO2/c1-8(11-5)6-7-9(12)13-10(2,3)4/h6-8,11H,1-5H3/b7-6+. The van der Waals surface area contributed by atoms with Crippen molar-refractivity contribution in [1.82, 2.24) is 5.32 Å². The molecular weight excluding hydrogens is 166 g/mol. The summed E-state index contributed by atoms with van der Waals surface area (Å²) >= 11 is 0. The molecule has 0 aromatic rings. The lowest BCUT2D eigenvalue weighted by Crippen LogP contribution is -2.23. The predicted octanol–water partition coefficient (Wildman–Crippen LogP) is 1.49. The van der Waals surface area contributed by atoms with Crippen LogP contribution in [0, 0.1) is 0 Å². The van der Waals surface area contributed by atoms with E-state index in [2.05, 4.69) is 5.32 Å². The highest BCUT2D eigenvalue weighted by molar-refractivity contribution is 5.82. The van der Waals surface area contributed by atoms with E-state index in [-0.39, 0.29) is 12.0 Å². The van der Waals surface area contributed by atoms with Gasteiger partial charge in [0.25, 0.3) is 0 Å². The fourth-order valence-electron chi connectivity index (χ4n) is 0.655. The molecule has 76 valence electrons. The van der Waals surface area contributed by atoms with Crippen molar-refractivity contribution in [1.29, 1.82) is 0 Å². The molecule has 0 spiro atoms. The van der Waals surface area contributed by atoms with Gasteiger partial charge in [-0.05, 0) is 34.7 Å². The van der Waals surface area contributed by atoms with Gasteiger partial charge in [0.2, 0.25) is 0 Å². The fourth-order valence-corrected chi connectivity index (χ4v) is 0.655. The summed E-state index contributed by atoms with van der Waals surface area (Å²) < 4.78 is 5.08. The lowest BCUT2D eigenvalue weighted by Gasteiger charge is -2.18. The zero-order valence-corrected chi connectivity index (χ0v) is 9.05. The van der Waals surface area contributed by atoms with Crippen LogP contribution in [-0.2, 0) is 9.53 Å². The maximum absolute atomic E-state index is 11.1. The molecule has 3 heteroatoms. The van der Waals surface area contributed by atoms with Gasteiger partial charge in [-0.3, -0.25) is 0 Å². The predicted molar refractivity (Wildman–Crippen MR) is 53.5 cm³/mol. The Morgan fingerprint density at radius 2 is 2.00 bits per heavy atom. The second-order valence-electron chi connectivity index (χ2n) is 3.97. The molecule has 0 fully saturated rings. The van der Waals surface area contributed by atoms with E-state index < -0.39 is 5.60 Å². The monoisotopic (exact) mass is 185 g/mol. The molecule has 0 heterocycles. The van der Waals surface area contributed by atoms with Crippen molar-refractivity contribution in [2.24, 2.45) is 0 Å². The average Bonchev–Trinajstić information content (AvgIpc) is 1.97. The first-order valence-electron chi connectivity index (χ1n) is 4.43. The zero-order chi connectivity index (χ0) is 10.5. The number of ether oxygens (including phenoxy) is 1. The van der Waals surface area contributed by atoms with Gasteiger partial charge in [-0.15, -0.1) is 0 Å². The molecule has 0 aromatic carbocycles. The minimum atomic E-state index is -0.412. The van der Waals surface area contributed by atoms with Gasteiger partial charge >= 0.3 is 5.97 Å². The fraction of sp³-hybridized carbons (Fsp3) is 0.700. The van der Waals surface area contributed by atoms with E-state index in [1.54, 1.807) is 6.08 Å². The smallest absolute Gasteiger partial charge is 0.330 e. The van der Waals surface area contributed by atoms with Crippen molar-refractivity contribution in [2.75, 3.05) is 7.05 Å². The third-order valence-electron chi connectivity index (χ3n) is 1.38. The Morgan fingerprint density at radius 3 is 2.38 bits per heavy atom. The lowest BCUT2D eigenvalue weighted by atomic mass is 10.2. The minimum absolute atomic E-state index is 0.188. The number of likely N-dealkylation sites (N-methyl/N-ethyl adjacent to an activating group) is 1. The molecule has 0 aliphatic heterocycles. The average molecular weight is 185 g/mol. The molecule has 3 nitrogen and oxygen atoms in total. The normalized spacial score (nSPS) is 14.5. The van der Waals surface area contributed by atoms with Gasteiger partial charge in [-0.1, -0.05) is 6.08 Å². The molecule has 0 rings (SSSR count). The number of nitrogens with one attached hydrogen (secondary N) is 1. The molecule has 0 aromatic heterocycles. The van der Waals surface area contributed by atoms with E-state index in [4.69, 9.17) is 4.74 Å². The molecule has 1 atom stereocenters. The molecule has 1 N–H and O–H groups in total. The first-order chi connectivity index (χ1) is 5.85. The Kier molecular flexibility index (Phi) is 4.70. The minimum Gasteiger partial charge on any atom is -0.457 e. The lowest BCUT2D eigenvalue weighted by molar-refractivity contribution is -0.148. The topological polar surface area (TPSA) is 38.3 Å². The van der Waals surface area contributed by atoms with Gasteiger partial charge in [0.15, 0.2) is 0 Å². The van der Waals surface area contributed by atoms with Gasteiger partial charge < -0.3 is 10.1 Å². The number of hydrogen-bond acceptors (Lipinski definition) is 3. The molecule has 0 radical (unpaired) electrons. The quantitative estimate of drug-likeness (QED) is 0.535. The van der Waals surface area contributed by atoms with Crippen LogP contribution < -0.4 is 5.32 Å². The number of esters is 1. The summed E-state index contributed by atoms with van der Waals surface area (Å²) in [5.74, 6) is -0.297. The van der Waals surface area contributed by atoms with E-state index >= 15 is 0 Å². The molecule has 0 aliphatic carbocycles. The van der Waals surface area contributed by atoms with Crippen LogP contribution in [0.15, 0.2) is 12.2 Å². The highest BCUT2D eigenvalue weighted by Gasteiger charge is 2.13. The summed E-state index contributed by atoms with van der Waals surface area (Å²) in [5, 5.41) is 2.99. The molecule has 0 bridgehead atoms. The first-order valence-corrected chi connectivity index (χ1v) is 4.43. The Bertz CT molecular complexity index is 192. The van der Waals surface area contributed by atoms with Crippen LogP contribution in [0.5, 0.6) is 0 Å². The van der Waals surface area contributed by atoms with E-state index in [0.717, 1.165) is 0 Å². The zero-order valence-electron chi connectivity index (χ0n) is 9.05. The Morgan fingerprint density at radius 1 is 1.46 bits per heavy atom. The maximum atomic E-state index is 11.1. The van der Waals surface area contributed by atoms with E-state index in [1.165, 1.54) is 6.08 Å². The second-order valence-corrected chi connectivity index (χ2v) is 3.97. The van der Waals surface area contributed by atoms with Crippen molar-refractivity contribution < 1.29 is 9.53 Å². The SMILES string of the molecule is CNC(C)/C=C/C(=O)OC(C)(C)C. The number of hydrogen-bond donors (Lipinski definition) is 1. The first kappa shape index (κ1) is 12.2. The van der Waals surface area contributed by atoms with E-state index in [9.17, 15) is 4.79 Å². The Balaban J connectivity index is 3.95. The van der Waals surface area contributed by atoms with Crippen molar-refractivity contribution in [3.05, 3.63) is 12.2 Å². The van der Waals surface area contributed by atoms with Crippen LogP contribution in [0.25, 0.3) is 0 Å². The molecule has 13 heavy (non-hydrogen) atoms. The van der Waals surface area contributed by atoms with E-state index in [1.807, 2.05) is 34.7 Å². The van der Waals surface area contributed by atoms with Crippen LogP contribution in [0.1, 0.15) is 27.7 Å². The number of rotatable bonds is 3. The van der Waals surface area contributed by atoms with Crippen LogP contribution in [0.4, 0.5) is 0 Å². The van der Waals surface area contributed by atoms with Crippen molar-refractivity contribution in [3.8, 4) is 0 Å². The molecular formula is C10H19NO2. The van der Waals surface area contributed by atoms with Gasteiger partial charge in [-0.25, -0.2) is 4.79 Å². The largest absolute Gasteiger partial charge is 0.457 e. The molecule has 1 unspecified atom stereocenters. The second kappa shape index (κ2) is 5.02. The van der Waals surface area contributed by atoms with Gasteiger partial charge in [0.1, 0.15) is 5.60 Å². The number of carbonyl (C=O) groups excluding carboxylic acids is 1. The summed E-state index contributed by atoms with van der Waals surface area (Å²) in [6.07, 6.45) is 3.22. The molecule has 0 amide bonds. The van der Waals surface area contributed by atoms with Crippen molar-refractivity contribution in [3.63, 3.8) is 0 Å². The highest BCUT2D eigenvalue weighted by Crippen LogP contribution is 2.07. The van der Waals surface area contributed by atoms with Crippen molar-refractivity contribution >= 4 is 5.97 Å². The van der Waals surface area contributed by atoms with Gasteiger partial charge in [0, 0.05) is 12.1 Å². The Labute approximate surface area is 80.2 Å². The van der Waals surface area contributed by atoms with Crippen LogP contribution >= 0.6 is 0 Å². The third kappa shape index (κ3) is 7.53. The summed E-state index contributed by atoms with van der Waals surface area (Å²) in [4.78, 5) is 11.1. The molecule has 0 saturated heterocycles. The van der Waals surface area contributed by atoms with Crippen LogP contribution in [0.2, 0.25) is 0 Å². The molecule has 0 saturated carbocycles. The van der Waals surface area contributed by atoms with Crippen molar-refractivity contribution in [2.45, 2.75) is 39.3 Å². The summed E-state index contributed by atoms with van der Waals surface area (Å²) in [7, 11) is 1.84.